The van der Waals surface area contributed by atoms with Gasteiger partial charge < -0.3 is 5.11 Å². The first-order chi connectivity index (χ1) is 5.63. The predicted molar refractivity (Wildman–Crippen MR) is 53.2 cm³/mol. The summed E-state index contributed by atoms with van der Waals surface area (Å²) in [5, 5.41) is 8.81. The van der Waals surface area contributed by atoms with E-state index in [2.05, 4.69) is 0 Å². The average molecular weight is 187 g/mol. The van der Waals surface area contributed by atoms with Gasteiger partial charge in [-0.15, -0.1) is 0 Å². The molecule has 1 rings (SSSR count). The molecule has 0 heterocycles. The Hall–Kier alpha value is -0.310. The van der Waals surface area contributed by atoms with E-state index in [1.165, 1.54) is 0 Å². The third-order valence-electron chi connectivity index (χ3n) is 1.81. The molecule has 0 saturated carbocycles. The van der Waals surface area contributed by atoms with Crippen LogP contribution in [0.15, 0.2) is 24.3 Å². The summed E-state index contributed by atoms with van der Waals surface area (Å²) in [5.74, 6) is -0.586. The van der Waals surface area contributed by atoms with E-state index >= 15 is 0 Å². The molecular weight excluding hydrogens is 175 g/mol. The number of benzene rings is 1. The zero-order valence-electron chi connectivity index (χ0n) is 8.24. The Morgan fingerprint density at radius 2 is 1.85 bits per heavy atom. The Balaban J connectivity index is 0.00000144. The summed E-state index contributed by atoms with van der Waals surface area (Å²) in [5.41, 5.74) is 1.30. The van der Waals surface area contributed by atoms with Crippen molar-refractivity contribution in [1.82, 2.24) is 0 Å². The van der Waals surface area contributed by atoms with Gasteiger partial charge in [0.25, 0.3) is 0 Å². The third kappa shape index (κ3) is 3.14. The molecule has 0 spiro atoms. The molecule has 13 heavy (non-hydrogen) atoms. The maximum absolute atomic E-state index is 10.7. The van der Waals surface area contributed by atoms with Crippen LogP contribution in [0.2, 0.25) is 0 Å². The molecule has 0 fully saturated rings. The van der Waals surface area contributed by atoms with Gasteiger partial charge in [0.2, 0.25) is 0 Å². The smallest absolute Gasteiger partial charge is 0.335 e. The molecule has 1 aromatic carbocycles. The van der Waals surface area contributed by atoms with Crippen LogP contribution in [-0.4, -0.2) is 40.6 Å². The number of hydrogen-bond acceptors (Lipinski definition) is 1. The summed E-state index contributed by atoms with van der Waals surface area (Å²) in [6, 6.07) is 7.10. The summed E-state index contributed by atoms with van der Waals surface area (Å²) < 4.78 is 0. The van der Waals surface area contributed by atoms with E-state index < -0.39 is 5.97 Å². The zero-order valence-corrected chi connectivity index (χ0v) is 10.2. The molecule has 2 nitrogen and oxygen atoms in total. The molecule has 1 radical (unpaired) electrons. The van der Waals surface area contributed by atoms with Crippen molar-refractivity contribution < 1.29 is 9.90 Å². The minimum Gasteiger partial charge on any atom is -0.478 e. The summed E-state index contributed by atoms with van der Waals surface area (Å²) in [6.45, 7) is 3.98. The molecule has 0 amide bonds. The standard InChI is InChI=1S/C10H12O2.Na/c1-7(2)8-5-3-4-6-9(8)10(11)12;/h3-7H,1-2H3,(H,11,12);. The van der Waals surface area contributed by atoms with E-state index in [0.29, 0.717) is 5.56 Å². The van der Waals surface area contributed by atoms with Crippen LogP contribution < -0.4 is 0 Å². The van der Waals surface area contributed by atoms with E-state index in [-0.39, 0.29) is 35.5 Å². The van der Waals surface area contributed by atoms with Crippen molar-refractivity contribution in [1.29, 1.82) is 0 Å². The Morgan fingerprint density at radius 3 is 2.23 bits per heavy atom. The Kier molecular flexibility index (Phi) is 5.30. The second-order valence-electron chi connectivity index (χ2n) is 3.05. The number of hydrogen-bond donors (Lipinski definition) is 1. The Morgan fingerprint density at radius 1 is 1.31 bits per heavy atom. The van der Waals surface area contributed by atoms with Gasteiger partial charge in [-0.25, -0.2) is 4.79 Å². The van der Waals surface area contributed by atoms with Gasteiger partial charge in [0.1, 0.15) is 0 Å². The summed E-state index contributed by atoms with van der Waals surface area (Å²) in [6.07, 6.45) is 0. The average Bonchev–Trinajstić information content (AvgIpc) is 2.04. The largest absolute Gasteiger partial charge is 0.478 e. The van der Waals surface area contributed by atoms with Crippen LogP contribution in [-0.2, 0) is 0 Å². The first kappa shape index (κ1) is 12.7. The maximum atomic E-state index is 10.7. The molecule has 0 atom stereocenters. The zero-order chi connectivity index (χ0) is 9.14. The monoisotopic (exact) mass is 187 g/mol. The first-order valence-electron chi connectivity index (χ1n) is 3.95. The van der Waals surface area contributed by atoms with Crippen LogP contribution in [0.4, 0.5) is 0 Å². The molecule has 0 aromatic heterocycles. The van der Waals surface area contributed by atoms with Crippen molar-refractivity contribution in [2.45, 2.75) is 19.8 Å². The van der Waals surface area contributed by atoms with Crippen LogP contribution in [0.5, 0.6) is 0 Å². The molecule has 1 N–H and O–H groups in total. The molecule has 65 valence electrons. The van der Waals surface area contributed by atoms with Crippen LogP contribution in [0.3, 0.4) is 0 Å². The van der Waals surface area contributed by atoms with E-state index in [1.54, 1.807) is 12.1 Å². The quantitative estimate of drug-likeness (QED) is 0.720. The van der Waals surface area contributed by atoms with Crippen LogP contribution in [0.25, 0.3) is 0 Å². The fourth-order valence-corrected chi connectivity index (χ4v) is 1.20. The number of carboxylic acid groups (broad SMARTS) is 1. The summed E-state index contributed by atoms with van der Waals surface area (Å²) >= 11 is 0. The van der Waals surface area contributed by atoms with Gasteiger partial charge in [-0.2, -0.15) is 0 Å². The molecule has 1 aromatic rings. The molecule has 0 aliphatic rings. The van der Waals surface area contributed by atoms with Crippen LogP contribution >= 0.6 is 0 Å². The normalized spacial score (nSPS) is 9.46. The third-order valence-corrected chi connectivity index (χ3v) is 1.81. The maximum Gasteiger partial charge on any atom is 0.335 e. The molecule has 3 heteroatoms. The predicted octanol–water partition coefficient (Wildman–Crippen LogP) is 2.13. The van der Waals surface area contributed by atoms with E-state index in [4.69, 9.17) is 5.11 Å². The van der Waals surface area contributed by atoms with Crippen molar-refractivity contribution in [2.75, 3.05) is 0 Å². The minimum absolute atomic E-state index is 0. The fraction of sp³-hybridized carbons (Fsp3) is 0.300. The van der Waals surface area contributed by atoms with Crippen LogP contribution in [0, 0.1) is 0 Å². The van der Waals surface area contributed by atoms with Gasteiger partial charge >= 0.3 is 5.97 Å². The molecule has 0 bridgehead atoms. The van der Waals surface area contributed by atoms with Gasteiger partial charge in [0.05, 0.1) is 5.56 Å². The van der Waals surface area contributed by atoms with Crippen LogP contribution in [0.1, 0.15) is 35.7 Å². The summed E-state index contributed by atoms with van der Waals surface area (Å²) in [7, 11) is 0. The number of aromatic carboxylic acids is 1. The van der Waals surface area contributed by atoms with Crippen molar-refractivity contribution >= 4 is 35.5 Å². The fourth-order valence-electron chi connectivity index (χ4n) is 1.20. The van der Waals surface area contributed by atoms with Gasteiger partial charge in [0, 0.05) is 29.6 Å². The second kappa shape index (κ2) is 5.43. The molecule has 0 saturated heterocycles. The Bertz CT molecular complexity index is 295. The Labute approximate surface area is 100 Å². The number of carboxylic acids is 1. The second-order valence-corrected chi connectivity index (χ2v) is 3.05. The first-order valence-corrected chi connectivity index (χ1v) is 3.95. The number of carbonyl (C=O) groups is 1. The summed E-state index contributed by atoms with van der Waals surface area (Å²) in [4.78, 5) is 10.7. The van der Waals surface area contributed by atoms with Gasteiger partial charge in [-0.05, 0) is 17.5 Å². The van der Waals surface area contributed by atoms with E-state index in [9.17, 15) is 4.79 Å². The number of rotatable bonds is 2. The SMILES string of the molecule is CC(C)c1ccccc1C(=O)O.[Na]. The topological polar surface area (TPSA) is 37.3 Å². The molecular formula is C10H12NaO2. The van der Waals surface area contributed by atoms with Gasteiger partial charge in [0.15, 0.2) is 0 Å². The van der Waals surface area contributed by atoms with Crippen molar-refractivity contribution in [3.05, 3.63) is 35.4 Å². The van der Waals surface area contributed by atoms with Crippen molar-refractivity contribution in [3.63, 3.8) is 0 Å². The minimum atomic E-state index is -0.848. The van der Waals surface area contributed by atoms with Gasteiger partial charge in [-0.3, -0.25) is 0 Å². The molecule has 0 unspecified atom stereocenters. The molecule has 0 aliphatic heterocycles. The van der Waals surface area contributed by atoms with Crippen molar-refractivity contribution in [3.8, 4) is 0 Å². The molecule has 0 aliphatic carbocycles. The van der Waals surface area contributed by atoms with E-state index in [0.717, 1.165) is 5.56 Å². The van der Waals surface area contributed by atoms with Gasteiger partial charge in [-0.1, -0.05) is 32.0 Å². The van der Waals surface area contributed by atoms with Crippen molar-refractivity contribution in [2.24, 2.45) is 0 Å². The van der Waals surface area contributed by atoms with E-state index in [1.807, 2.05) is 26.0 Å².